The molecule has 0 fully saturated rings. The van der Waals surface area contributed by atoms with Crippen LogP contribution >= 0.6 is 11.3 Å². The second-order valence-corrected chi connectivity index (χ2v) is 6.45. The normalized spacial score (nSPS) is 13.2. The van der Waals surface area contributed by atoms with Crippen LogP contribution in [0, 0.1) is 0 Å². The van der Waals surface area contributed by atoms with Gasteiger partial charge >= 0.3 is 0 Å². The highest BCUT2D eigenvalue weighted by Crippen LogP contribution is 2.30. The van der Waals surface area contributed by atoms with E-state index in [1.807, 2.05) is 40.4 Å². The van der Waals surface area contributed by atoms with Crippen LogP contribution < -0.4 is 14.8 Å². The summed E-state index contributed by atoms with van der Waals surface area (Å²) >= 11 is 1.56. The summed E-state index contributed by atoms with van der Waals surface area (Å²) in [4.78, 5) is 17.4. The number of imidazole rings is 1. The number of aromatic nitrogens is 2. The Hall–Kier alpha value is -2.54. The highest BCUT2D eigenvalue weighted by Gasteiger charge is 2.12. The zero-order valence-electron chi connectivity index (χ0n) is 13.0. The zero-order valence-corrected chi connectivity index (χ0v) is 13.8. The van der Waals surface area contributed by atoms with Crippen LogP contribution in [0.25, 0.3) is 4.96 Å². The summed E-state index contributed by atoms with van der Waals surface area (Å²) in [7, 11) is 0. The Labute approximate surface area is 143 Å². The number of benzene rings is 1. The van der Waals surface area contributed by atoms with Crippen LogP contribution in [-0.2, 0) is 17.6 Å². The maximum Gasteiger partial charge on any atom is 0.226 e. The fourth-order valence-electron chi connectivity index (χ4n) is 2.68. The molecule has 2 aromatic heterocycles. The molecule has 0 unspecified atom stereocenters. The molecule has 1 aromatic carbocycles. The Kier molecular flexibility index (Phi) is 4.08. The molecule has 0 saturated carbocycles. The molecule has 0 spiro atoms. The second-order valence-electron chi connectivity index (χ2n) is 5.58. The molecule has 4 rings (SSSR count). The van der Waals surface area contributed by atoms with Crippen molar-refractivity contribution < 1.29 is 14.3 Å². The summed E-state index contributed by atoms with van der Waals surface area (Å²) in [6.07, 6.45) is 4.89. The van der Waals surface area contributed by atoms with Crippen molar-refractivity contribution >= 4 is 22.2 Å². The summed E-state index contributed by atoms with van der Waals surface area (Å²) in [6.45, 7) is 1.75. The number of carbonyl (C=O) groups is 1. The van der Waals surface area contributed by atoms with Gasteiger partial charge in [0, 0.05) is 24.3 Å². The Bertz CT molecular complexity index is 842. The molecule has 0 radical (unpaired) electrons. The standard InChI is InChI=1S/C17H17N3O3S/c21-16(10-13-11-20-5-8-24-17(20)19-13)18-4-3-12-1-2-14-15(9-12)23-7-6-22-14/h1-2,5,8-9,11H,3-4,6-7,10H2,(H,18,21). The van der Waals surface area contributed by atoms with E-state index < -0.39 is 0 Å². The number of thiazole rings is 1. The van der Waals surface area contributed by atoms with Gasteiger partial charge in [0.05, 0.1) is 12.1 Å². The van der Waals surface area contributed by atoms with Crippen LogP contribution in [0.2, 0.25) is 0 Å². The molecule has 124 valence electrons. The van der Waals surface area contributed by atoms with E-state index in [1.165, 1.54) is 0 Å². The molecule has 1 N–H and O–H groups in total. The summed E-state index contributed by atoms with van der Waals surface area (Å²) in [5.74, 6) is 1.55. The van der Waals surface area contributed by atoms with E-state index >= 15 is 0 Å². The van der Waals surface area contributed by atoms with E-state index in [4.69, 9.17) is 9.47 Å². The lowest BCUT2D eigenvalue weighted by Crippen LogP contribution is -2.27. The molecule has 7 heteroatoms. The van der Waals surface area contributed by atoms with Crippen molar-refractivity contribution in [1.29, 1.82) is 0 Å². The molecule has 3 heterocycles. The summed E-state index contributed by atoms with van der Waals surface area (Å²) in [5.41, 5.74) is 1.90. The van der Waals surface area contributed by atoms with Crippen LogP contribution in [0.1, 0.15) is 11.3 Å². The molecular weight excluding hydrogens is 326 g/mol. The third-order valence-electron chi connectivity index (χ3n) is 3.83. The summed E-state index contributed by atoms with van der Waals surface area (Å²) in [5, 5.41) is 4.91. The Morgan fingerprint density at radius 1 is 1.29 bits per heavy atom. The van der Waals surface area contributed by atoms with Crippen molar-refractivity contribution in [3.8, 4) is 11.5 Å². The number of ether oxygens (including phenoxy) is 2. The first-order chi connectivity index (χ1) is 11.8. The Morgan fingerprint density at radius 3 is 3.04 bits per heavy atom. The van der Waals surface area contributed by atoms with Crippen molar-refractivity contribution in [1.82, 2.24) is 14.7 Å². The Morgan fingerprint density at radius 2 is 2.17 bits per heavy atom. The van der Waals surface area contributed by atoms with E-state index in [9.17, 15) is 4.79 Å². The van der Waals surface area contributed by atoms with E-state index in [0.717, 1.165) is 34.1 Å². The average molecular weight is 343 g/mol. The van der Waals surface area contributed by atoms with E-state index in [1.54, 1.807) is 11.3 Å². The van der Waals surface area contributed by atoms with Gasteiger partial charge in [0.2, 0.25) is 5.91 Å². The van der Waals surface area contributed by atoms with Gasteiger partial charge in [-0.15, -0.1) is 11.3 Å². The third kappa shape index (κ3) is 3.21. The lowest BCUT2D eigenvalue weighted by atomic mass is 10.1. The summed E-state index contributed by atoms with van der Waals surface area (Å²) < 4.78 is 13.0. The van der Waals surface area contributed by atoms with Crippen LogP contribution in [0.15, 0.2) is 36.0 Å². The molecule has 0 saturated heterocycles. The SMILES string of the molecule is O=C(Cc1cn2ccsc2n1)NCCc1ccc2c(c1)OCCO2. The van der Waals surface area contributed by atoms with E-state index in [2.05, 4.69) is 10.3 Å². The highest BCUT2D eigenvalue weighted by atomic mass is 32.1. The topological polar surface area (TPSA) is 64.9 Å². The number of hydrogen-bond acceptors (Lipinski definition) is 5. The molecule has 0 aliphatic carbocycles. The number of amides is 1. The predicted molar refractivity (Wildman–Crippen MR) is 90.9 cm³/mol. The Balaban J connectivity index is 1.29. The molecule has 6 nitrogen and oxygen atoms in total. The van der Waals surface area contributed by atoms with Gasteiger partial charge in [0.15, 0.2) is 16.5 Å². The summed E-state index contributed by atoms with van der Waals surface area (Å²) in [6, 6.07) is 5.90. The molecule has 0 atom stereocenters. The molecule has 0 bridgehead atoms. The molecule has 24 heavy (non-hydrogen) atoms. The molecular formula is C17H17N3O3S. The second kappa shape index (κ2) is 6.52. The van der Waals surface area contributed by atoms with E-state index in [0.29, 0.717) is 26.2 Å². The molecule has 3 aromatic rings. The largest absolute Gasteiger partial charge is 0.486 e. The number of nitrogens with zero attached hydrogens (tertiary/aromatic N) is 2. The first-order valence-electron chi connectivity index (χ1n) is 7.84. The van der Waals surface area contributed by atoms with Gasteiger partial charge in [0.25, 0.3) is 0 Å². The molecule has 1 aliphatic heterocycles. The maximum absolute atomic E-state index is 12.0. The average Bonchev–Trinajstić information content (AvgIpc) is 3.16. The number of rotatable bonds is 5. The molecule has 1 amide bonds. The van der Waals surface area contributed by atoms with Gasteiger partial charge in [-0.25, -0.2) is 4.98 Å². The van der Waals surface area contributed by atoms with Crippen LogP contribution in [0.5, 0.6) is 11.5 Å². The highest BCUT2D eigenvalue weighted by molar-refractivity contribution is 7.15. The monoisotopic (exact) mass is 343 g/mol. The number of fused-ring (bicyclic) bond motifs is 2. The minimum absolute atomic E-state index is 0.0155. The van der Waals surface area contributed by atoms with Crippen LogP contribution in [-0.4, -0.2) is 35.1 Å². The van der Waals surface area contributed by atoms with Crippen molar-refractivity contribution in [2.24, 2.45) is 0 Å². The van der Waals surface area contributed by atoms with Gasteiger partial charge in [0.1, 0.15) is 13.2 Å². The van der Waals surface area contributed by atoms with Gasteiger partial charge < -0.3 is 14.8 Å². The fraction of sp³-hybridized carbons (Fsp3) is 0.294. The minimum Gasteiger partial charge on any atom is -0.486 e. The first-order valence-corrected chi connectivity index (χ1v) is 8.72. The van der Waals surface area contributed by atoms with Gasteiger partial charge in [-0.2, -0.15) is 0 Å². The van der Waals surface area contributed by atoms with Gasteiger partial charge in [-0.3, -0.25) is 9.20 Å². The van der Waals surface area contributed by atoms with Gasteiger partial charge in [-0.1, -0.05) is 6.07 Å². The van der Waals surface area contributed by atoms with Crippen molar-refractivity contribution in [3.05, 3.63) is 47.2 Å². The lowest BCUT2D eigenvalue weighted by Gasteiger charge is -2.18. The molecule has 1 aliphatic rings. The number of nitrogens with one attached hydrogen (secondary N) is 1. The van der Waals surface area contributed by atoms with Crippen molar-refractivity contribution in [2.75, 3.05) is 19.8 Å². The lowest BCUT2D eigenvalue weighted by molar-refractivity contribution is -0.120. The smallest absolute Gasteiger partial charge is 0.226 e. The first kappa shape index (κ1) is 15.0. The number of carbonyl (C=O) groups excluding carboxylic acids is 1. The quantitative estimate of drug-likeness (QED) is 0.770. The fourth-order valence-corrected chi connectivity index (χ4v) is 3.40. The zero-order chi connectivity index (χ0) is 16.4. The van der Waals surface area contributed by atoms with Crippen LogP contribution in [0.3, 0.4) is 0 Å². The van der Waals surface area contributed by atoms with E-state index in [-0.39, 0.29) is 5.91 Å². The third-order valence-corrected chi connectivity index (χ3v) is 4.60. The number of hydrogen-bond donors (Lipinski definition) is 1. The van der Waals surface area contributed by atoms with Crippen molar-refractivity contribution in [3.63, 3.8) is 0 Å². The predicted octanol–water partition coefficient (Wildman–Crippen LogP) is 2.07. The maximum atomic E-state index is 12.0. The van der Waals surface area contributed by atoms with Gasteiger partial charge in [-0.05, 0) is 24.1 Å². The van der Waals surface area contributed by atoms with Crippen molar-refractivity contribution in [2.45, 2.75) is 12.8 Å². The van der Waals surface area contributed by atoms with Crippen LogP contribution in [0.4, 0.5) is 0 Å². The minimum atomic E-state index is -0.0155.